The first-order valence-corrected chi connectivity index (χ1v) is 18.4. The molecule has 7 aromatic carbocycles. The summed E-state index contributed by atoms with van der Waals surface area (Å²) in [4.78, 5) is 14.8. The number of aromatic nitrogens is 6. The molecule has 10 aromatic rings. The second kappa shape index (κ2) is 12.6. The summed E-state index contributed by atoms with van der Waals surface area (Å²) in [5.41, 5.74) is 16.0. The summed E-state index contributed by atoms with van der Waals surface area (Å²) in [5.74, 6) is 2.79. The van der Waals surface area contributed by atoms with Gasteiger partial charge in [-0.1, -0.05) is 91.0 Å². The van der Waals surface area contributed by atoms with Gasteiger partial charge in [0.2, 0.25) is 0 Å². The van der Waals surface area contributed by atoms with Gasteiger partial charge in [-0.15, -0.1) is 0 Å². The molecular formula is C48H37N6+. The standard InChI is InChI=1S/C48H36N6/c1-31-43(46-49-37-25-13-16-28-40(37)52(46)34-19-7-4-8-20-34)32(2)45(48-51-39-27-15-18-30-42(39)54(48)36-23-11-6-12-24-36)33(3)44(31)47-50-38-26-14-17-29-41(38)53(47)35-21-9-5-10-22-35/h4-30H,1-3H3/p+1. The third-order valence-electron chi connectivity index (χ3n) is 10.7. The number of aromatic amines is 1. The van der Waals surface area contributed by atoms with Crippen LogP contribution in [0.2, 0.25) is 0 Å². The van der Waals surface area contributed by atoms with Crippen LogP contribution in [0.1, 0.15) is 16.7 Å². The maximum absolute atomic E-state index is 5.45. The molecule has 1 N–H and O–H groups in total. The van der Waals surface area contributed by atoms with Crippen molar-refractivity contribution >= 4 is 33.1 Å². The van der Waals surface area contributed by atoms with Crippen LogP contribution in [-0.2, 0) is 0 Å². The van der Waals surface area contributed by atoms with Crippen LogP contribution in [0.3, 0.4) is 0 Å². The third kappa shape index (κ3) is 4.84. The summed E-state index contributed by atoms with van der Waals surface area (Å²) in [6.45, 7) is 6.75. The smallest absolute Gasteiger partial charge is 0.292 e. The van der Waals surface area contributed by atoms with Crippen LogP contribution in [0.25, 0.3) is 84.3 Å². The highest BCUT2D eigenvalue weighted by Gasteiger charge is 2.32. The van der Waals surface area contributed by atoms with Gasteiger partial charge < -0.3 is 0 Å². The molecule has 0 saturated carbocycles. The first-order valence-electron chi connectivity index (χ1n) is 18.4. The molecule has 3 heterocycles. The molecule has 0 spiro atoms. The van der Waals surface area contributed by atoms with Crippen LogP contribution in [0.4, 0.5) is 0 Å². The number of H-pyrrole nitrogens is 1. The van der Waals surface area contributed by atoms with E-state index >= 15 is 0 Å². The summed E-state index contributed by atoms with van der Waals surface area (Å²) in [6.07, 6.45) is 0. The predicted molar refractivity (Wildman–Crippen MR) is 220 cm³/mol. The molecule has 0 fully saturated rings. The number of nitrogens with zero attached hydrogens (tertiary/aromatic N) is 5. The maximum atomic E-state index is 5.45. The number of para-hydroxylation sites is 9. The van der Waals surface area contributed by atoms with E-state index in [0.29, 0.717) is 0 Å². The van der Waals surface area contributed by atoms with Gasteiger partial charge in [0.1, 0.15) is 17.3 Å². The Morgan fingerprint density at radius 3 is 1.41 bits per heavy atom. The maximum Gasteiger partial charge on any atom is 0.293 e. The zero-order chi connectivity index (χ0) is 36.3. The van der Waals surface area contributed by atoms with Gasteiger partial charge in [0.05, 0.1) is 27.6 Å². The van der Waals surface area contributed by atoms with E-state index in [4.69, 9.17) is 9.97 Å². The predicted octanol–water partition coefficient (Wildman–Crippen LogP) is 11.0. The van der Waals surface area contributed by atoms with Crippen molar-refractivity contribution in [2.24, 2.45) is 0 Å². The SMILES string of the molecule is Cc1c(-c2nc3ccccc3n2-c2ccccc2)c(C)c(-c2[nH]c3ccccc3[n+]2-c2ccccc2)c(C)c1-c1nc2ccccc2n1-c1ccccc1. The topological polar surface area (TPSA) is 55.3 Å². The molecule has 0 aliphatic carbocycles. The highest BCUT2D eigenvalue weighted by Crippen LogP contribution is 2.45. The Hall–Kier alpha value is -7.05. The first-order chi connectivity index (χ1) is 26.6. The number of hydrogen-bond acceptors (Lipinski definition) is 2. The van der Waals surface area contributed by atoms with E-state index in [9.17, 15) is 0 Å². The normalized spacial score (nSPS) is 11.6. The zero-order valence-corrected chi connectivity index (χ0v) is 30.3. The lowest BCUT2D eigenvalue weighted by atomic mass is 9.86. The van der Waals surface area contributed by atoms with E-state index < -0.39 is 0 Å². The number of hydrogen-bond donors (Lipinski definition) is 1. The van der Waals surface area contributed by atoms with Gasteiger partial charge in [-0.3, -0.25) is 9.13 Å². The molecule has 0 saturated heterocycles. The van der Waals surface area contributed by atoms with E-state index in [1.54, 1.807) is 0 Å². The quantitative estimate of drug-likeness (QED) is 0.176. The van der Waals surface area contributed by atoms with Gasteiger partial charge in [0.15, 0.2) is 11.0 Å². The first kappa shape index (κ1) is 31.7. The van der Waals surface area contributed by atoms with Crippen molar-refractivity contribution in [1.82, 2.24) is 24.1 Å². The van der Waals surface area contributed by atoms with E-state index in [1.807, 2.05) is 0 Å². The molecular weight excluding hydrogens is 661 g/mol. The number of rotatable bonds is 6. The average molecular weight is 698 g/mol. The van der Waals surface area contributed by atoms with Crippen LogP contribution in [-0.4, -0.2) is 24.1 Å². The lowest BCUT2D eigenvalue weighted by Crippen LogP contribution is -2.32. The van der Waals surface area contributed by atoms with E-state index in [0.717, 1.165) is 101 Å². The Morgan fingerprint density at radius 1 is 0.444 bits per heavy atom. The molecule has 54 heavy (non-hydrogen) atoms. The molecule has 0 bridgehead atoms. The van der Waals surface area contributed by atoms with E-state index in [2.05, 4.69) is 203 Å². The van der Waals surface area contributed by atoms with Gasteiger partial charge in [0, 0.05) is 22.5 Å². The van der Waals surface area contributed by atoms with Crippen LogP contribution in [0.15, 0.2) is 164 Å². The largest absolute Gasteiger partial charge is 0.293 e. The van der Waals surface area contributed by atoms with E-state index in [1.165, 1.54) is 0 Å². The van der Waals surface area contributed by atoms with Crippen molar-refractivity contribution in [3.05, 3.63) is 180 Å². The van der Waals surface area contributed by atoms with Crippen molar-refractivity contribution in [3.63, 3.8) is 0 Å². The Balaban J connectivity index is 1.39. The minimum atomic E-state index is 0.893. The fraction of sp³-hybridized carbons (Fsp3) is 0.0625. The van der Waals surface area contributed by atoms with Crippen molar-refractivity contribution in [2.75, 3.05) is 0 Å². The Morgan fingerprint density at radius 2 is 0.870 bits per heavy atom. The molecule has 0 aliphatic rings. The van der Waals surface area contributed by atoms with Crippen LogP contribution in [0, 0.1) is 20.8 Å². The Kier molecular flexibility index (Phi) is 7.37. The summed E-state index contributed by atoms with van der Waals surface area (Å²) >= 11 is 0. The van der Waals surface area contributed by atoms with E-state index in [-0.39, 0.29) is 0 Å². The molecule has 0 unspecified atom stereocenters. The fourth-order valence-corrected chi connectivity index (χ4v) is 8.41. The molecule has 0 aliphatic heterocycles. The number of fused-ring (bicyclic) bond motifs is 3. The number of benzene rings is 7. The molecule has 258 valence electrons. The van der Waals surface area contributed by atoms with Gasteiger partial charge in [-0.05, 0) is 110 Å². The van der Waals surface area contributed by atoms with Crippen molar-refractivity contribution in [3.8, 4) is 51.2 Å². The summed E-state index contributed by atoms with van der Waals surface area (Å²) in [7, 11) is 0. The highest BCUT2D eigenvalue weighted by molar-refractivity contribution is 5.94. The van der Waals surface area contributed by atoms with Crippen LogP contribution in [0.5, 0.6) is 0 Å². The van der Waals surface area contributed by atoms with Gasteiger partial charge in [-0.2, -0.15) is 4.57 Å². The Bertz CT molecular complexity index is 2660. The molecule has 6 nitrogen and oxygen atoms in total. The molecule has 10 rings (SSSR count). The summed E-state index contributed by atoms with van der Waals surface area (Å²) in [5, 5.41) is 0. The minimum Gasteiger partial charge on any atom is -0.292 e. The van der Waals surface area contributed by atoms with Gasteiger partial charge in [0.25, 0.3) is 5.82 Å². The molecule has 0 amide bonds. The highest BCUT2D eigenvalue weighted by atomic mass is 15.1. The second-order valence-electron chi connectivity index (χ2n) is 13.9. The van der Waals surface area contributed by atoms with Crippen LogP contribution >= 0.6 is 0 Å². The molecule has 0 radical (unpaired) electrons. The average Bonchev–Trinajstić information content (AvgIpc) is 3.90. The van der Waals surface area contributed by atoms with Crippen LogP contribution < -0.4 is 4.57 Å². The van der Waals surface area contributed by atoms with Gasteiger partial charge >= 0.3 is 0 Å². The van der Waals surface area contributed by atoms with Crippen molar-refractivity contribution in [1.29, 1.82) is 0 Å². The lowest BCUT2D eigenvalue weighted by molar-refractivity contribution is -0.554. The summed E-state index contributed by atoms with van der Waals surface area (Å²) in [6, 6.07) is 57.1. The lowest BCUT2D eigenvalue weighted by Gasteiger charge is -2.22. The number of imidazole rings is 3. The molecule has 0 atom stereocenters. The molecule has 6 heteroatoms. The monoisotopic (exact) mass is 697 g/mol. The zero-order valence-electron chi connectivity index (χ0n) is 30.3. The third-order valence-corrected chi connectivity index (χ3v) is 10.7. The number of nitrogens with one attached hydrogen (secondary N) is 1. The summed E-state index contributed by atoms with van der Waals surface area (Å²) < 4.78 is 6.97. The van der Waals surface area contributed by atoms with Gasteiger partial charge in [-0.25, -0.2) is 15.0 Å². The fourth-order valence-electron chi connectivity index (χ4n) is 8.41. The van der Waals surface area contributed by atoms with Crippen molar-refractivity contribution < 1.29 is 4.57 Å². The molecule has 3 aromatic heterocycles. The second-order valence-corrected chi connectivity index (χ2v) is 13.9. The minimum absolute atomic E-state index is 0.893. The van der Waals surface area contributed by atoms with Crippen molar-refractivity contribution in [2.45, 2.75) is 20.8 Å². The Labute approximate surface area is 313 Å².